The SMILES string of the molecule is O=C(Nc1cc(C(=O)N2CCN(c3ccc([N+](=O)[O-])cc3)CC2)ccc1N1C[C@H]2C[C@@H](C1)c1cccc(=O)n1C2)c1cccc(C(F)(F)F)c1. The number of alkyl halides is 3. The van der Waals surface area contributed by atoms with Gasteiger partial charge in [-0.05, 0) is 66.9 Å². The standard InChI is InChI=1S/C36H33F3N6O5/c37-36(38,39)27-4-1-3-24(18-27)34(47)40-30-19-25(35(48)42-15-13-41(14-16-42)28-8-10-29(11-9-28)45(49)50)7-12-32(30)43-20-23-17-26(22-43)31-5-2-6-33(46)44(31)21-23/h1-12,18-19,23,26H,13-17,20-22H2,(H,40,47)/t23-,26+/m1/s1. The van der Waals surface area contributed by atoms with Gasteiger partial charge in [-0.2, -0.15) is 13.2 Å². The predicted octanol–water partition coefficient (Wildman–Crippen LogP) is 5.61. The van der Waals surface area contributed by atoms with Gasteiger partial charge in [-0.15, -0.1) is 0 Å². The summed E-state index contributed by atoms with van der Waals surface area (Å²) in [7, 11) is 0. The minimum atomic E-state index is -4.62. The molecule has 2 saturated heterocycles. The van der Waals surface area contributed by atoms with Gasteiger partial charge in [-0.3, -0.25) is 24.5 Å². The van der Waals surface area contributed by atoms with Crippen molar-refractivity contribution in [1.29, 1.82) is 0 Å². The number of aromatic nitrogens is 1. The van der Waals surface area contributed by atoms with Gasteiger partial charge in [0, 0.05) is 92.4 Å². The van der Waals surface area contributed by atoms with Gasteiger partial charge < -0.3 is 24.6 Å². The molecule has 7 rings (SSSR count). The Morgan fingerprint density at radius 1 is 0.820 bits per heavy atom. The van der Waals surface area contributed by atoms with Gasteiger partial charge in [0.05, 0.1) is 21.9 Å². The Morgan fingerprint density at radius 3 is 2.28 bits per heavy atom. The fraction of sp³-hybridized carbons (Fsp3) is 0.306. The van der Waals surface area contributed by atoms with Crippen molar-refractivity contribution in [2.75, 3.05) is 54.4 Å². The Hall–Kier alpha value is -5.66. The number of nitro benzene ring substituents is 1. The highest BCUT2D eigenvalue weighted by molar-refractivity contribution is 6.07. The number of benzene rings is 3. The van der Waals surface area contributed by atoms with E-state index in [1.54, 1.807) is 47.4 Å². The van der Waals surface area contributed by atoms with Gasteiger partial charge in [0.1, 0.15) is 0 Å². The van der Waals surface area contributed by atoms with Crippen LogP contribution < -0.4 is 20.7 Å². The molecule has 0 aliphatic carbocycles. The van der Waals surface area contributed by atoms with Gasteiger partial charge in [-0.1, -0.05) is 12.1 Å². The number of carbonyl (C=O) groups is 2. The number of nitrogens with zero attached hydrogens (tertiary/aromatic N) is 5. The van der Waals surface area contributed by atoms with Crippen LogP contribution >= 0.6 is 0 Å². The molecule has 4 heterocycles. The first kappa shape index (κ1) is 32.9. The third-order valence-corrected chi connectivity index (χ3v) is 9.76. The molecule has 0 saturated carbocycles. The van der Waals surface area contributed by atoms with Crippen molar-refractivity contribution in [3.05, 3.63) is 128 Å². The quantitative estimate of drug-likeness (QED) is 0.207. The van der Waals surface area contributed by atoms with E-state index in [0.29, 0.717) is 62.8 Å². The molecule has 258 valence electrons. The topological polar surface area (TPSA) is 121 Å². The van der Waals surface area contributed by atoms with Gasteiger partial charge >= 0.3 is 6.18 Å². The Morgan fingerprint density at radius 2 is 1.56 bits per heavy atom. The average molecular weight is 687 g/mol. The van der Waals surface area contributed by atoms with Crippen LogP contribution in [-0.4, -0.2) is 65.5 Å². The number of halogens is 3. The molecule has 2 atom stereocenters. The number of piperazine rings is 1. The van der Waals surface area contributed by atoms with Crippen LogP contribution in [-0.2, 0) is 12.7 Å². The highest BCUT2D eigenvalue weighted by Gasteiger charge is 2.36. The first-order valence-electron chi connectivity index (χ1n) is 16.3. The second kappa shape index (κ2) is 13.0. The van der Waals surface area contributed by atoms with Crippen LogP contribution in [0.1, 0.15) is 44.3 Å². The van der Waals surface area contributed by atoms with Crippen molar-refractivity contribution in [3.63, 3.8) is 0 Å². The fourth-order valence-electron chi connectivity index (χ4n) is 7.30. The summed E-state index contributed by atoms with van der Waals surface area (Å²) in [5.41, 5.74) is 1.82. The van der Waals surface area contributed by atoms with Crippen molar-refractivity contribution in [2.45, 2.75) is 25.1 Å². The minimum absolute atomic E-state index is 0.00461. The second-order valence-corrected chi connectivity index (χ2v) is 12.9. The number of rotatable bonds is 6. The van der Waals surface area contributed by atoms with Crippen LogP contribution in [0.25, 0.3) is 0 Å². The molecule has 3 aliphatic rings. The molecule has 0 spiro atoms. The summed E-state index contributed by atoms with van der Waals surface area (Å²) in [6.07, 6.45) is -3.73. The fourth-order valence-corrected chi connectivity index (χ4v) is 7.30. The van der Waals surface area contributed by atoms with E-state index in [-0.39, 0.29) is 34.6 Å². The van der Waals surface area contributed by atoms with E-state index >= 15 is 0 Å². The van der Waals surface area contributed by atoms with Gasteiger partial charge in [0.2, 0.25) is 0 Å². The molecular formula is C36H33F3N6O5. The number of non-ortho nitro benzene ring substituents is 1. The molecule has 50 heavy (non-hydrogen) atoms. The average Bonchev–Trinajstić information content (AvgIpc) is 3.11. The first-order valence-corrected chi connectivity index (χ1v) is 16.3. The molecule has 3 aromatic carbocycles. The van der Waals surface area contributed by atoms with Crippen LogP contribution in [0.15, 0.2) is 89.7 Å². The Balaban J connectivity index is 1.15. The number of pyridine rings is 1. The van der Waals surface area contributed by atoms with Crippen molar-refractivity contribution >= 4 is 34.6 Å². The lowest BCUT2D eigenvalue weighted by Crippen LogP contribution is -2.49. The summed E-state index contributed by atoms with van der Waals surface area (Å²) >= 11 is 0. The second-order valence-electron chi connectivity index (χ2n) is 12.9. The Bertz CT molecular complexity index is 2020. The van der Waals surface area contributed by atoms with E-state index in [1.807, 2.05) is 15.5 Å². The summed E-state index contributed by atoms with van der Waals surface area (Å²) < 4.78 is 42.2. The predicted molar refractivity (Wildman–Crippen MR) is 181 cm³/mol. The summed E-state index contributed by atoms with van der Waals surface area (Å²) in [5, 5.41) is 13.8. The molecule has 0 radical (unpaired) electrons. The molecule has 11 nitrogen and oxygen atoms in total. The number of nitrogens with one attached hydrogen (secondary N) is 1. The minimum Gasteiger partial charge on any atom is -0.369 e. The van der Waals surface area contributed by atoms with E-state index in [9.17, 15) is 37.7 Å². The maximum Gasteiger partial charge on any atom is 0.416 e. The van der Waals surface area contributed by atoms with Gasteiger partial charge in [-0.25, -0.2) is 0 Å². The molecule has 0 unspecified atom stereocenters. The Kier molecular flexibility index (Phi) is 8.54. The van der Waals surface area contributed by atoms with E-state index < -0.39 is 22.6 Å². The lowest BCUT2D eigenvalue weighted by Gasteiger charge is -2.44. The molecule has 3 aliphatic heterocycles. The zero-order valence-electron chi connectivity index (χ0n) is 26.8. The number of fused-ring (bicyclic) bond motifs is 4. The van der Waals surface area contributed by atoms with Gasteiger partial charge in [0.25, 0.3) is 23.1 Å². The molecule has 14 heteroatoms. The van der Waals surface area contributed by atoms with Crippen LogP contribution in [0.4, 0.5) is 35.9 Å². The first-order chi connectivity index (χ1) is 23.9. The third kappa shape index (κ3) is 6.52. The van der Waals surface area contributed by atoms with Crippen molar-refractivity contribution in [1.82, 2.24) is 9.47 Å². The number of amides is 2. The number of nitro groups is 1. The monoisotopic (exact) mass is 686 g/mol. The molecular weight excluding hydrogens is 653 g/mol. The van der Waals surface area contributed by atoms with Crippen molar-refractivity contribution < 1.29 is 27.7 Å². The maximum atomic E-state index is 13.8. The summed E-state index contributed by atoms with van der Waals surface area (Å²) in [6, 6.07) is 20.7. The lowest BCUT2D eigenvalue weighted by atomic mass is 9.83. The van der Waals surface area contributed by atoms with Gasteiger partial charge in [0.15, 0.2) is 0 Å². The van der Waals surface area contributed by atoms with E-state index in [2.05, 4.69) is 10.2 Å². The number of carbonyl (C=O) groups excluding carboxylic acids is 2. The molecule has 2 amide bonds. The normalized spacial score (nSPS) is 18.7. The molecule has 2 fully saturated rings. The third-order valence-electron chi connectivity index (χ3n) is 9.76. The number of hydrogen-bond donors (Lipinski definition) is 1. The molecule has 1 aromatic heterocycles. The summed E-state index contributed by atoms with van der Waals surface area (Å²) in [5.74, 6) is -0.801. The van der Waals surface area contributed by atoms with Crippen LogP contribution in [0.2, 0.25) is 0 Å². The van der Waals surface area contributed by atoms with E-state index in [1.165, 1.54) is 24.3 Å². The summed E-state index contributed by atoms with van der Waals surface area (Å²) in [6.45, 7) is 3.46. The number of anilines is 3. The van der Waals surface area contributed by atoms with Crippen LogP contribution in [0.5, 0.6) is 0 Å². The zero-order chi connectivity index (χ0) is 35.2. The maximum absolute atomic E-state index is 13.8. The molecule has 2 bridgehead atoms. The zero-order valence-corrected chi connectivity index (χ0v) is 26.8. The van der Waals surface area contributed by atoms with E-state index in [4.69, 9.17) is 0 Å². The largest absolute Gasteiger partial charge is 0.416 e. The number of piperidine rings is 1. The van der Waals surface area contributed by atoms with Crippen molar-refractivity contribution in [2.24, 2.45) is 5.92 Å². The van der Waals surface area contributed by atoms with E-state index in [0.717, 1.165) is 29.9 Å². The highest BCUT2D eigenvalue weighted by Crippen LogP contribution is 2.40. The highest BCUT2D eigenvalue weighted by atomic mass is 19.4. The Labute approximate surface area is 284 Å². The smallest absolute Gasteiger partial charge is 0.369 e. The number of hydrogen-bond acceptors (Lipinski definition) is 7. The summed E-state index contributed by atoms with van der Waals surface area (Å²) in [4.78, 5) is 56.2. The molecule has 4 aromatic rings. The molecule has 1 N–H and O–H groups in total. The lowest BCUT2D eigenvalue weighted by molar-refractivity contribution is -0.384. The van der Waals surface area contributed by atoms with Crippen molar-refractivity contribution in [3.8, 4) is 0 Å². The van der Waals surface area contributed by atoms with Crippen LogP contribution in [0.3, 0.4) is 0 Å². The van der Waals surface area contributed by atoms with Crippen LogP contribution in [0, 0.1) is 16.0 Å².